The third kappa shape index (κ3) is 9.53. The van der Waals surface area contributed by atoms with Gasteiger partial charge >= 0.3 is 0 Å². The van der Waals surface area contributed by atoms with Crippen LogP contribution in [0.5, 0.6) is 5.75 Å². The number of anilines is 1. The maximum absolute atomic E-state index is 14.7. The molecule has 254 valence electrons. The van der Waals surface area contributed by atoms with E-state index in [1.165, 1.54) is 17.0 Å². The molecule has 0 aliphatic heterocycles. The molecule has 8 nitrogen and oxygen atoms in total. The van der Waals surface area contributed by atoms with Gasteiger partial charge in [0.1, 0.15) is 18.3 Å². The molecule has 2 atom stereocenters. The molecular weight excluding hydrogens is 737 g/mol. The summed E-state index contributed by atoms with van der Waals surface area (Å²) in [6.45, 7) is 5.35. The summed E-state index contributed by atoms with van der Waals surface area (Å²) in [6.07, 6.45) is 0.838. The molecule has 2 amide bonds. The van der Waals surface area contributed by atoms with Crippen LogP contribution in [0.3, 0.4) is 0 Å². The highest BCUT2D eigenvalue weighted by Crippen LogP contribution is 2.30. The number of rotatable bonds is 15. The highest BCUT2D eigenvalue weighted by Gasteiger charge is 2.35. The zero-order valence-electron chi connectivity index (χ0n) is 26.9. The summed E-state index contributed by atoms with van der Waals surface area (Å²) in [6, 6.07) is 25.7. The van der Waals surface area contributed by atoms with E-state index in [1.807, 2.05) is 51.1 Å². The van der Waals surface area contributed by atoms with Gasteiger partial charge in [-0.15, -0.1) is 0 Å². The lowest BCUT2D eigenvalue weighted by atomic mass is 10.0. The molecule has 0 radical (unpaired) electrons. The second kappa shape index (κ2) is 17.2. The van der Waals surface area contributed by atoms with E-state index >= 15 is 0 Å². The normalized spacial score (nSPS) is 12.5. The Hall–Kier alpha value is -3.57. The second-order valence-corrected chi connectivity index (χ2v) is 14.7. The summed E-state index contributed by atoms with van der Waals surface area (Å²) < 4.78 is 35.8. The van der Waals surface area contributed by atoms with Crippen LogP contribution >= 0.6 is 39.1 Å². The number of amides is 2. The maximum Gasteiger partial charge on any atom is 0.264 e. The van der Waals surface area contributed by atoms with E-state index in [-0.39, 0.29) is 35.5 Å². The predicted molar refractivity (Wildman–Crippen MR) is 195 cm³/mol. The molecule has 12 heteroatoms. The summed E-state index contributed by atoms with van der Waals surface area (Å²) in [4.78, 5) is 30.0. The number of hydrogen-bond acceptors (Lipinski definition) is 5. The highest BCUT2D eigenvalue weighted by molar-refractivity contribution is 9.10. The van der Waals surface area contributed by atoms with Gasteiger partial charge in [-0.25, -0.2) is 8.42 Å². The molecule has 4 rings (SSSR count). The fourth-order valence-corrected chi connectivity index (χ4v) is 7.18. The molecule has 0 aliphatic rings. The molecule has 0 saturated heterocycles. The Morgan fingerprint density at radius 2 is 1.50 bits per heavy atom. The van der Waals surface area contributed by atoms with E-state index in [9.17, 15) is 18.0 Å². The van der Waals surface area contributed by atoms with E-state index in [1.54, 1.807) is 54.6 Å². The first-order chi connectivity index (χ1) is 22.9. The fourth-order valence-electron chi connectivity index (χ4n) is 4.99. The number of carbonyl (C=O) groups excluding carboxylic acids is 2. The van der Waals surface area contributed by atoms with Crippen molar-refractivity contribution in [3.8, 4) is 5.75 Å². The van der Waals surface area contributed by atoms with E-state index < -0.39 is 28.5 Å². The van der Waals surface area contributed by atoms with Crippen LogP contribution in [0, 0.1) is 0 Å². The Morgan fingerprint density at radius 1 is 0.875 bits per heavy atom. The maximum atomic E-state index is 14.7. The van der Waals surface area contributed by atoms with Crippen molar-refractivity contribution in [2.75, 3.05) is 17.5 Å². The SMILES string of the molecule is CCOc1ccc(N(CC(=O)N(Cc2c(Cl)cccc2Cl)[C@@H](Cc2ccccc2)C(=O)N[C@@H](C)CC)S(=O)(=O)c2ccc(Br)cc2)cc1. The Bertz CT molecular complexity index is 1770. The van der Waals surface area contributed by atoms with E-state index in [0.29, 0.717) is 38.9 Å². The van der Waals surface area contributed by atoms with Crippen LogP contribution < -0.4 is 14.4 Å². The average Bonchev–Trinajstić information content (AvgIpc) is 3.07. The van der Waals surface area contributed by atoms with Crippen molar-refractivity contribution in [1.82, 2.24) is 10.2 Å². The first kappa shape index (κ1) is 37.3. The Morgan fingerprint density at radius 3 is 2.08 bits per heavy atom. The topological polar surface area (TPSA) is 96.0 Å². The molecule has 0 aliphatic carbocycles. The van der Waals surface area contributed by atoms with Gasteiger partial charge in [-0.05, 0) is 86.5 Å². The van der Waals surface area contributed by atoms with Crippen molar-refractivity contribution in [2.45, 2.75) is 57.1 Å². The Balaban J connectivity index is 1.84. The number of ether oxygens (including phenoxy) is 1. The van der Waals surface area contributed by atoms with E-state index in [2.05, 4.69) is 21.2 Å². The number of nitrogens with zero attached hydrogens (tertiary/aromatic N) is 2. The quantitative estimate of drug-likeness (QED) is 0.133. The van der Waals surface area contributed by atoms with Crippen molar-refractivity contribution in [3.63, 3.8) is 0 Å². The molecule has 0 saturated carbocycles. The molecule has 0 fully saturated rings. The molecular formula is C36H38BrCl2N3O5S. The highest BCUT2D eigenvalue weighted by atomic mass is 79.9. The number of nitrogens with one attached hydrogen (secondary N) is 1. The van der Waals surface area contributed by atoms with Crippen molar-refractivity contribution in [1.29, 1.82) is 0 Å². The second-order valence-electron chi connectivity index (χ2n) is 11.1. The van der Waals surface area contributed by atoms with Crippen molar-refractivity contribution in [2.24, 2.45) is 0 Å². The smallest absolute Gasteiger partial charge is 0.264 e. The molecule has 1 N–H and O–H groups in total. The van der Waals surface area contributed by atoms with Gasteiger partial charge < -0.3 is 15.0 Å². The Kier molecular flexibility index (Phi) is 13.3. The molecule has 4 aromatic rings. The van der Waals surface area contributed by atoms with Crippen molar-refractivity contribution >= 4 is 66.7 Å². The van der Waals surface area contributed by atoms with Gasteiger partial charge in [0.15, 0.2) is 0 Å². The van der Waals surface area contributed by atoms with Crippen LogP contribution in [0.1, 0.15) is 38.3 Å². The predicted octanol–water partition coefficient (Wildman–Crippen LogP) is 7.90. The Labute approximate surface area is 301 Å². The van der Waals surface area contributed by atoms with Gasteiger partial charge in [0.25, 0.3) is 10.0 Å². The number of halogens is 3. The molecule has 0 bridgehead atoms. The van der Waals surface area contributed by atoms with E-state index in [4.69, 9.17) is 27.9 Å². The zero-order valence-corrected chi connectivity index (χ0v) is 30.8. The number of benzene rings is 4. The van der Waals surface area contributed by atoms with Gasteiger partial charge in [-0.1, -0.05) is 82.5 Å². The first-order valence-corrected chi connectivity index (χ1v) is 18.5. The van der Waals surface area contributed by atoms with Gasteiger partial charge in [0, 0.05) is 39.1 Å². The van der Waals surface area contributed by atoms with Gasteiger partial charge in [-0.3, -0.25) is 13.9 Å². The lowest BCUT2D eigenvalue weighted by Crippen LogP contribution is -2.54. The van der Waals surface area contributed by atoms with Crippen molar-refractivity contribution < 1.29 is 22.7 Å². The summed E-state index contributed by atoms with van der Waals surface area (Å²) in [5.74, 6) is -0.456. The molecule has 48 heavy (non-hydrogen) atoms. The summed E-state index contributed by atoms with van der Waals surface area (Å²) >= 11 is 16.5. The molecule has 0 spiro atoms. The minimum absolute atomic E-state index is 0.0107. The number of sulfonamides is 1. The lowest BCUT2D eigenvalue weighted by molar-refractivity contribution is -0.140. The van der Waals surface area contributed by atoms with Crippen LogP contribution in [-0.4, -0.2) is 50.4 Å². The summed E-state index contributed by atoms with van der Waals surface area (Å²) in [5.41, 5.74) is 1.50. The van der Waals surface area contributed by atoms with Gasteiger partial charge in [0.05, 0.1) is 17.2 Å². The molecule has 0 heterocycles. The van der Waals surface area contributed by atoms with Crippen LogP contribution in [0.4, 0.5) is 5.69 Å². The van der Waals surface area contributed by atoms with Crippen molar-refractivity contribution in [3.05, 3.63) is 123 Å². The van der Waals surface area contributed by atoms with E-state index in [0.717, 1.165) is 9.87 Å². The van der Waals surface area contributed by atoms with Crippen LogP contribution in [-0.2, 0) is 32.6 Å². The number of carbonyl (C=O) groups is 2. The minimum Gasteiger partial charge on any atom is -0.494 e. The van der Waals surface area contributed by atoms with Gasteiger partial charge in [0.2, 0.25) is 11.8 Å². The zero-order chi connectivity index (χ0) is 34.8. The van der Waals surface area contributed by atoms with Crippen LogP contribution in [0.15, 0.2) is 106 Å². The van der Waals surface area contributed by atoms with Gasteiger partial charge in [-0.2, -0.15) is 0 Å². The standard InChI is InChI=1S/C36H38BrCl2N3O5S/c1-4-25(3)40-36(44)34(22-26-10-7-6-8-11-26)41(23-31-32(38)12-9-13-33(31)39)35(43)24-42(28-16-18-29(19-17-28)47-5-2)48(45,46)30-20-14-27(37)15-21-30/h6-21,25,34H,4-5,22-24H2,1-3H3,(H,40,44)/t25-,34-/m0/s1. The van der Waals surface area contributed by atoms with Crippen LogP contribution in [0.25, 0.3) is 0 Å². The summed E-state index contributed by atoms with van der Waals surface area (Å²) in [7, 11) is -4.27. The third-order valence-electron chi connectivity index (χ3n) is 7.78. The molecule has 4 aromatic carbocycles. The largest absolute Gasteiger partial charge is 0.494 e. The fraction of sp³-hybridized carbons (Fsp3) is 0.278. The molecule has 0 unspecified atom stereocenters. The third-order valence-corrected chi connectivity index (χ3v) is 10.8. The first-order valence-electron chi connectivity index (χ1n) is 15.5. The lowest BCUT2D eigenvalue weighted by Gasteiger charge is -2.34. The summed E-state index contributed by atoms with van der Waals surface area (Å²) in [5, 5.41) is 3.64. The average molecular weight is 776 g/mol. The van der Waals surface area contributed by atoms with Crippen LogP contribution in [0.2, 0.25) is 10.0 Å². The molecule has 0 aromatic heterocycles. The number of hydrogen-bond donors (Lipinski definition) is 1. The minimum atomic E-state index is -4.27. The monoisotopic (exact) mass is 773 g/mol.